The average molecular weight is 945 g/mol. The van der Waals surface area contributed by atoms with Crippen molar-refractivity contribution >= 4 is 22.2 Å². The topological polar surface area (TPSA) is 52.1 Å². The zero-order chi connectivity index (χ0) is 48.8. The summed E-state index contributed by atoms with van der Waals surface area (Å²) in [6.07, 6.45) is 0. The first-order valence-corrected chi connectivity index (χ1v) is 25.3. The van der Waals surface area contributed by atoms with Gasteiger partial charge in [-0.3, -0.25) is 0 Å². The first kappa shape index (κ1) is 42.1. The minimum atomic E-state index is -0.641. The van der Waals surface area contributed by atoms with E-state index in [2.05, 4.69) is 218 Å². The largest absolute Gasteiger partial charge is 0.436 e. The maximum atomic E-state index is 6.18. The van der Waals surface area contributed by atoms with E-state index in [1.165, 1.54) is 66.8 Å². The maximum Gasteiger partial charge on any atom is 0.227 e. The van der Waals surface area contributed by atoms with E-state index in [1.807, 2.05) is 48.5 Å². The van der Waals surface area contributed by atoms with Crippen molar-refractivity contribution in [1.29, 1.82) is 0 Å². The van der Waals surface area contributed by atoms with Crippen LogP contribution in [0.5, 0.6) is 0 Å². The van der Waals surface area contributed by atoms with Gasteiger partial charge in [-0.25, -0.2) is 9.97 Å². The quantitative estimate of drug-likeness (QED) is 0.152. The average Bonchev–Trinajstić information content (AvgIpc) is 4.25. The van der Waals surface area contributed by atoms with Gasteiger partial charge in [0.2, 0.25) is 11.8 Å². The normalized spacial score (nSPS) is 13.6. The van der Waals surface area contributed by atoms with Crippen molar-refractivity contribution < 1.29 is 8.83 Å². The highest BCUT2D eigenvalue weighted by molar-refractivity contribution is 5.96. The van der Waals surface area contributed by atoms with Crippen molar-refractivity contribution in [2.75, 3.05) is 0 Å². The molecule has 15 rings (SSSR count). The van der Waals surface area contributed by atoms with Gasteiger partial charge < -0.3 is 8.83 Å². The zero-order valence-electron chi connectivity index (χ0n) is 40.1. The molecule has 0 N–H and O–H groups in total. The second kappa shape index (κ2) is 16.5. The molecule has 2 aromatic heterocycles. The summed E-state index contributed by atoms with van der Waals surface area (Å²) in [4.78, 5) is 9.59. The number of hydrogen-bond donors (Lipinski definition) is 0. The molecule has 0 radical (unpaired) electrons. The molecule has 346 valence electrons. The molecule has 4 nitrogen and oxygen atoms in total. The molecule has 13 aromatic rings. The van der Waals surface area contributed by atoms with Crippen molar-refractivity contribution in [2.24, 2.45) is 0 Å². The molecule has 0 amide bonds. The fraction of sp³-hybridized carbons (Fsp3) is 0.0286. The van der Waals surface area contributed by atoms with E-state index in [4.69, 9.17) is 18.8 Å². The number of hydrogen-bond acceptors (Lipinski definition) is 4. The van der Waals surface area contributed by atoms with Gasteiger partial charge in [-0.1, -0.05) is 194 Å². The minimum Gasteiger partial charge on any atom is -0.436 e. The Bertz CT molecular complexity index is 3850. The van der Waals surface area contributed by atoms with Crippen LogP contribution in [0.25, 0.3) is 89.6 Å². The van der Waals surface area contributed by atoms with E-state index >= 15 is 0 Å². The lowest BCUT2D eigenvalue weighted by Gasteiger charge is -2.35. The lowest BCUT2D eigenvalue weighted by Crippen LogP contribution is -2.30. The number of benzene rings is 11. The first-order chi connectivity index (χ1) is 36.6. The van der Waals surface area contributed by atoms with Gasteiger partial charge in [-0.05, 0) is 162 Å². The Balaban J connectivity index is 0.946. The van der Waals surface area contributed by atoms with Crippen molar-refractivity contribution in [3.8, 4) is 67.4 Å². The molecular weight excluding hydrogens is 901 g/mol. The van der Waals surface area contributed by atoms with E-state index < -0.39 is 10.8 Å². The molecule has 0 bridgehead atoms. The highest BCUT2D eigenvalue weighted by Crippen LogP contribution is 2.63. The molecule has 0 saturated heterocycles. The molecule has 2 heterocycles. The molecular formula is C70H44N2O2. The first-order valence-electron chi connectivity index (χ1n) is 25.3. The van der Waals surface area contributed by atoms with E-state index in [0.717, 1.165) is 55.6 Å². The van der Waals surface area contributed by atoms with Gasteiger partial charge in [0, 0.05) is 11.1 Å². The van der Waals surface area contributed by atoms with Crippen LogP contribution >= 0.6 is 0 Å². The van der Waals surface area contributed by atoms with E-state index in [0.29, 0.717) is 11.8 Å². The summed E-state index contributed by atoms with van der Waals surface area (Å²) in [6, 6.07) is 97.0. The van der Waals surface area contributed by atoms with Crippen molar-refractivity contribution in [1.82, 2.24) is 9.97 Å². The molecule has 0 aliphatic heterocycles. The third-order valence-electron chi connectivity index (χ3n) is 15.7. The molecule has 0 fully saturated rings. The number of fused-ring (bicyclic) bond motifs is 8. The Morgan fingerprint density at radius 3 is 0.892 bits per heavy atom. The Hall–Kier alpha value is -9.64. The van der Waals surface area contributed by atoms with E-state index in [1.54, 1.807) is 0 Å². The van der Waals surface area contributed by atoms with Gasteiger partial charge >= 0.3 is 0 Å². The van der Waals surface area contributed by atoms with Crippen molar-refractivity contribution in [3.63, 3.8) is 0 Å². The van der Waals surface area contributed by atoms with Crippen molar-refractivity contribution in [3.05, 3.63) is 311 Å². The molecule has 0 saturated carbocycles. The molecule has 4 heteroatoms. The molecule has 0 spiro atoms. The third kappa shape index (κ3) is 6.22. The van der Waals surface area contributed by atoms with Crippen LogP contribution in [0.4, 0.5) is 0 Å². The van der Waals surface area contributed by atoms with Crippen LogP contribution in [0.15, 0.2) is 276 Å². The number of rotatable bonds is 8. The van der Waals surface area contributed by atoms with Gasteiger partial charge in [0.15, 0.2) is 11.2 Å². The van der Waals surface area contributed by atoms with Crippen LogP contribution < -0.4 is 0 Å². The molecule has 2 aliphatic carbocycles. The van der Waals surface area contributed by atoms with Gasteiger partial charge in [0.1, 0.15) is 11.0 Å². The van der Waals surface area contributed by atoms with Gasteiger partial charge in [-0.15, -0.1) is 0 Å². The SMILES string of the molecule is c1ccc(C2(c3ccccc3)c3cc(-c4ccc(-c5nc6ccccc6o5)cc4)ccc3-c3cc4c(cc32)-c2ccc(-c3ccc(-c5nc6ccccc6o5)cc3)cc2C4(c2ccccc2)c2ccccc2)cc1. The van der Waals surface area contributed by atoms with Crippen LogP contribution in [-0.2, 0) is 10.8 Å². The number of oxazole rings is 2. The Morgan fingerprint density at radius 2 is 0.541 bits per heavy atom. The molecule has 0 unspecified atom stereocenters. The van der Waals surface area contributed by atoms with Crippen LogP contribution in [0.2, 0.25) is 0 Å². The molecule has 2 aliphatic rings. The van der Waals surface area contributed by atoms with Crippen LogP contribution in [0.1, 0.15) is 44.5 Å². The van der Waals surface area contributed by atoms with Gasteiger partial charge in [0.05, 0.1) is 10.8 Å². The second-order valence-electron chi connectivity index (χ2n) is 19.6. The summed E-state index contributed by atoms with van der Waals surface area (Å²) < 4.78 is 12.4. The minimum absolute atomic E-state index is 0.619. The summed E-state index contributed by atoms with van der Waals surface area (Å²) in [6.45, 7) is 0. The predicted octanol–water partition coefficient (Wildman–Crippen LogP) is 17.4. The monoisotopic (exact) mass is 944 g/mol. The standard InChI is InChI=1S/C70H44N2O2/c1-5-17-51(18-6-1)69(52-19-7-2-8-20-52)59-41-49(45-29-33-47(34-30-45)67-71-63-25-13-15-27-65(63)73-67)37-39-55(59)57-44-62-58(43-61(57)69)56-40-38-50(46-31-35-48(36-32-46)68-72-64-26-14-16-28-66(64)74-68)42-60(56)70(62,53-21-9-3-10-22-53)54-23-11-4-12-24-54/h1-44H. The van der Waals surface area contributed by atoms with Crippen LogP contribution in [0, 0.1) is 0 Å². The Morgan fingerprint density at radius 1 is 0.243 bits per heavy atom. The highest BCUT2D eigenvalue weighted by Gasteiger charge is 2.51. The summed E-state index contributed by atoms with van der Waals surface area (Å²) in [5, 5.41) is 0. The van der Waals surface area contributed by atoms with Crippen molar-refractivity contribution in [2.45, 2.75) is 10.8 Å². The summed E-state index contributed by atoms with van der Waals surface area (Å²) in [5.41, 5.74) is 23.3. The highest BCUT2D eigenvalue weighted by atomic mass is 16.4. The number of aromatic nitrogens is 2. The van der Waals surface area contributed by atoms with Crippen LogP contribution in [0.3, 0.4) is 0 Å². The second-order valence-corrected chi connectivity index (χ2v) is 19.6. The van der Waals surface area contributed by atoms with E-state index in [-0.39, 0.29) is 0 Å². The molecule has 11 aromatic carbocycles. The summed E-state index contributed by atoms with van der Waals surface area (Å²) >= 11 is 0. The molecule has 0 atom stereocenters. The zero-order valence-corrected chi connectivity index (χ0v) is 40.1. The lowest BCUT2D eigenvalue weighted by molar-refractivity contribution is 0.619. The van der Waals surface area contributed by atoms with Gasteiger partial charge in [-0.2, -0.15) is 0 Å². The van der Waals surface area contributed by atoms with Crippen LogP contribution in [-0.4, -0.2) is 9.97 Å². The summed E-state index contributed by atoms with van der Waals surface area (Å²) in [7, 11) is 0. The Kier molecular flexibility index (Phi) is 9.36. The maximum absolute atomic E-state index is 6.18. The predicted molar refractivity (Wildman–Crippen MR) is 298 cm³/mol. The van der Waals surface area contributed by atoms with Gasteiger partial charge in [0.25, 0.3) is 0 Å². The smallest absolute Gasteiger partial charge is 0.227 e. The fourth-order valence-corrected chi connectivity index (χ4v) is 12.4. The Labute approximate surface area is 428 Å². The fourth-order valence-electron chi connectivity index (χ4n) is 12.4. The number of para-hydroxylation sites is 4. The molecule has 74 heavy (non-hydrogen) atoms. The third-order valence-corrected chi connectivity index (χ3v) is 15.7. The lowest BCUT2D eigenvalue weighted by atomic mass is 9.65. The number of nitrogens with zero attached hydrogens (tertiary/aromatic N) is 2. The van der Waals surface area contributed by atoms with E-state index in [9.17, 15) is 0 Å². The summed E-state index contributed by atoms with van der Waals surface area (Å²) in [5.74, 6) is 1.24.